The number of methoxy groups -OCH3 is 1. The number of hydrogen-bond donors (Lipinski definition) is 4. The Bertz CT molecular complexity index is 1380. The number of benzene rings is 3. The number of amides is 2. The number of rotatable bonds is 11. The largest absolute Gasteiger partial charge is 0.508 e. The van der Waals surface area contributed by atoms with Gasteiger partial charge in [0.1, 0.15) is 18.3 Å². The number of ether oxygens (including phenoxy) is 1. The number of halogens is 1. The molecule has 0 bridgehead atoms. The highest BCUT2D eigenvalue weighted by molar-refractivity contribution is 7.89. The van der Waals surface area contributed by atoms with Crippen LogP contribution in [0.25, 0.3) is 0 Å². The lowest BCUT2D eigenvalue weighted by molar-refractivity contribution is -0.141. The molecule has 1 atom stereocenters. The summed E-state index contributed by atoms with van der Waals surface area (Å²) < 4.78 is 33.0. The minimum absolute atomic E-state index is 0.0190. The van der Waals surface area contributed by atoms with E-state index in [9.17, 15) is 27.9 Å². The lowest BCUT2D eigenvalue weighted by atomic mass is 10.1. The molecule has 3 aromatic rings. The van der Waals surface area contributed by atoms with Gasteiger partial charge in [-0.05, 0) is 66.1 Å². The van der Waals surface area contributed by atoms with Gasteiger partial charge in [0, 0.05) is 17.1 Å². The number of hydrogen-bond acceptors (Lipinski definition) is 7. The van der Waals surface area contributed by atoms with E-state index in [-0.39, 0.29) is 29.5 Å². The molecule has 0 aliphatic carbocycles. The minimum atomic E-state index is -4.15. The Morgan fingerprint density at radius 2 is 1.50 bits per heavy atom. The third kappa shape index (κ3) is 8.30. The zero-order chi connectivity index (χ0) is 27.7. The first kappa shape index (κ1) is 28.6. The van der Waals surface area contributed by atoms with Crippen molar-refractivity contribution >= 4 is 39.4 Å². The summed E-state index contributed by atoms with van der Waals surface area (Å²) in [5.74, 6) is -1.71. The summed E-state index contributed by atoms with van der Waals surface area (Å²) in [4.78, 5) is 36.4. The molecule has 200 valence electrons. The fourth-order valence-electron chi connectivity index (χ4n) is 3.34. The molecular weight excluding hydrogens is 534 g/mol. The number of nitrogens with one attached hydrogen (secondary N) is 3. The molecule has 0 aliphatic rings. The molecule has 4 N–H and O–H groups in total. The van der Waals surface area contributed by atoms with Gasteiger partial charge in [0.15, 0.2) is 0 Å². The second-order valence-corrected chi connectivity index (χ2v) is 10.3. The van der Waals surface area contributed by atoms with E-state index in [1.54, 1.807) is 48.5 Å². The molecular formula is C26H26ClN3O7S. The molecule has 0 saturated heterocycles. The van der Waals surface area contributed by atoms with Crippen molar-refractivity contribution in [2.45, 2.75) is 23.9 Å². The third-order valence-electron chi connectivity index (χ3n) is 5.42. The van der Waals surface area contributed by atoms with Gasteiger partial charge in [-0.25, -0.2) is 8.42 Å². The van der Waals surface area contributed by atoms with E-state index in [1.165, 1.54) is 24.3 Å². The van der Waals surface area contributed by atoms with Gasteiger partial charge >= 0.3 is 5.97 Å². The second-order valence-electron chi connectivity index (χ2n) is 8.17. The first-order valence-corrected chi connectivity index (χ1v) is 13.2. The highest BCUT2D eigenvalue weighted by Gasteiger charge is 2.26. The highest BCUT2D eigenvalue weighted by Crippen LogP contribution is 2.15. The van der Waals surface area contributed by atoms with Crippen molar-refractivity contribution in [3.05, 3.63) is 94.5 Å². The summed E-state index contributed by atoms with van der Waals surface area (Å²) in [5, 5.41) is 15.1. The minimum Gasteiger partial charge on any atom is -0.508 e. The highest BCUT2D eigenvalue weighted by atomic mass is 35.5. The molecule has 0 aliphatic heterocycles. The van der Waals surface area contributed by atoms with E-state index in [4.69, 9.17) is 11.6 Å². The standard InChI is InChI=1S/C26H26ClN3O7S/c1-37-24(32)16-29-26(34)23(14-17-2-10-21(31)11-3-17)30-38(35,36)22-12-4-18(5-13-22)15-28-25(33)19-6-8-20(27)9-7-19/h2-13,23,30-31H,14-16H2,1H3,(H,28,33)(H,29,34)/t23-/m0/s1. The maximum atomic E-state index is 13.1. The molecule has 0 radical (unpaired) electrons. The number of phenolic OH excluding ortho intramolecular Hbond substituents is 1. The second kappa shape index (κ2) is 13.0. The van der Waals surface area contributed by atoms with Gasteiger partial charge < -0.3 is 20.5 Å². The maximum absolute atomic E-state index is 13.1. The van der Waals surface area contributed by atoms with Crippen LogP contribution >= 0.6 is 11.6 Å². The first-order chi connectivity index (χ1) is 18.1. The summed E-state index contributed by atoms with van der Waals surface area (Å²) >= 11 is 5.83. The van der Waals surface area contributed by atoms with Crippen LogP contribution in [0.1, 0.15) is 21.5 Å². The SMILES string of the molecule is COC(=O)CNC(=O)[C@H](Cc1ccc(O)cc1)NS(=O)(=O)c1ccc(CNC(=O)c2ccc(Cl)cc2)cc1. The molecule has 3 rings (SSSR count). The number of sulfonamides is 1. The van der Waals surface area contributed by atoms with Gasteiger partial charge in [0.25, 0.3) is 5.91 Å². The summed E-state index contributed by atoms with van der Waals surface area (Å²) in [5.41, 5.74) is 1.67. The van der Waals surface area contributed by atoms with Gasteiger partial charge in [0.05, 0.1) is 12.0 Å². The molecule has 0 fully saturated rings. The predicted molar refractivity (Wildman–Crippen MR) is 140 cm³/mol. The first-order valence-electron chi connectivity index (χ1n) is 11.3. The lowest BCUT2D eigenvalue weighted by Crippen LogP contribution is -2.49. The monoisotopic (exact) mass is 559 g/mol. The molecule has 3 aromatic carbocycles. The normalized spacial score (nSPS) is 11.8. The molecule has 10 nitrogen and oxygen atoms in total. The van der Waals surface area contributed by atoms with Gasteiger partial charge in [0.2, 0.25) is 15.9 Å². The van der Waals surface area contributed by atoms with Crippen molar-refractivity contribution in [3.8, 4) is 5.75 Å². The Hall–Kier alpha value is -3.93. The van der Waals surface area contributed by atoms with Crippen molar-refractivity contribution in [2.24, 2.45) is 0 Å². The van der Waals surface area contributed by atoms with Crippen LogP contribution in [-0.4, -0.2) is 51.0 Å². The molecule has 2 amide bonds. The zero-order valence-corrected chi connectivity index (χ0v) is 21.9. The van der Waals surface area contributed by atoms with Crippen molar-refractivity contribution < 1.29 is 32.6 Å². The zero-order valence-electron chi connectivity index (χ0n) is 20.3. The summed E-state index contributed by atoms with van der Waals surface area (Å²) in [6.45, 7) is -0.270. The Kier molecular flexibility index (Phi) is 9.83. The predicted octanol–water partition coefficient (Wildman–Crippen LogP) is 2.15. The molecule has 38 heavy (non-hydrogen) atoms. The van der Waals surface area contributed by atoms with Gasteiger partial charge in [-0.1, -0.05) is 35.9 Å². The fraction of sp³-hybridized carbons (Fsp3) is 0.192. The van der Waals surface area contributed by atoms with Crippen LogP contribution in [0.2, 0.25) is 5.02 Å². The Balaban J connectivity index is 1.69. The molecule has 0 spiro atoms. The molecule has 0 unspecified atom stereocenters. The Morgan fingerprint density at radius 1 is 0.895 bits per heavy atom. The topological polar surface area (TPSA) is 151 Å². The van der Waals surface area contributed by atoms with Crippen LogP contribution < -0.4 is 15.4 Å². The Morgan fingerprint density at radius 3 is 2.11 bits per heavy atom. The number of carbonyl (C=O) groups is 3. The summed E-state index contributed by atoms with van der Waals surface area (Å²) in [6, 6.07) is 16.9. The quantitative estimate of drug-likeness (QED) is 0.263. The average Bonchev–Trinajstić information content (AvgIpc) is 2.91. The van der Waals surface area contributed by atoms with Crippen LogP contribution in [-0.2, 0) is 37.3 Å². The number of phenols is 1. The summed E-state index contributed by atoms with van der Waals surface area (Å²) in [6.07, 6.45) is -0.0403. The number of carbonyl (C=O) groups excluding carboxylic acids is 3. The smallest absolute Gasteiger partial charge is 0.325 e. The van der Waals surface area contributed by atoms with Crippen LogP contribution in [0.5, 0.6) is 5.75 Å². The van der Waals surface area contributed by atoms with Gasteiger partial charge in [-0.3, -0.25) is 14.4 Å². The molecule has 0 heterocycles. The Labute approximate surface area is 225 Å². The maximum Gasteiger partial charge on any atom is 0.325 e. The van der Waals surface area contributed by atoms with E-state index in [1.807, 2.05) is 0 Å². The van der Waals surface area contributed by atoms with Gasteiger partial charge in [-0.15, -0.1) is 0 Å². The fourth-order valence-corrected chi connectivity index (χ4v) is 4.66. The molecule has 0 saturated carbocycles. The number of esters is 1. The van der Waals surface area contributed by atoms with E-state index in [0.29, 0.717) is 21.7 Å². The molecule has 12 heteroatoms. The van der Waals surface area contributed by atoms with Crippen molar-refractivity contribution in [3.63, 3.8) is 0 Å². The lowest BCUT2D eigenvalue weighted by Gasteiger charge is -2.19. The van der Waals surface area contributed by atoms with Crippen molar-refractivity contribution in [2.75, 3.05) is 13.7 Å². The van der Waals surface area contributed by atoms with E-state index in [0.717, 1.165) is 7.11 Å². The third-order valence-corrected chi connectivity index (χ3v) is 7.16. The van der Waals surface area contributed by atoms with E-state index in [2.05, 4.69) is 20.1 Å². The van der Waals surface area contributed by atoms with Crippen LogP contribution in [0.4, 0.5) is 0 Å². The van der Waals surface area contributed by atoms with Crippen molar-refractivity contribution in [1.82, 2.24) is 15.4 Å². The van der Waals surface area contributed by atoms with Crippen LogP contribution in [0, 0.1) is 0 Å². The summed E-state index contributed by atoms with van der Waals surface area (Å²) in [7, 11) is -2.98. The number of aromatic hydroxyl groups is 1. The molecule has 0 aromatic heterocycles. The van der Waals surface area contributed by atoms with Crippen LogP contribution in [0.3, 0.4) is 0 Å². The van der Waals surface area contributed by atoms with Gasteiger partial charge in [-0.2, -0.15) is 4.72 Å². The van der Waals surface area contributed by atoms with E-state index < -0.39 is 34.5 Å². The van der Waals surface area contributed by atoms with Crippen molar-refractivity contribution in [1.29, 1.82) is 0 Å². The van der Waals surface area contributed by atoms with Crippen LogP contribution in [0.15, 0.2) is 77.7 Å². The average molecular weight is 560 g/mol. The van der Waals surface area contributed by atoms with E-state index >= 15 is 0 Å².